The SMILES string of the molecule is C[C@@H]1[C@@H](C)N(C(=O)O)CCN1C. The van der Waals surface area contributed by atoms with Gasteiger partial charge in [0.05, 0.1) is 0 Å². The molecule has 0 saturated carbocycles. The number of amides is 1. The molecule has 0 unspecified atom stereocenters. The second-order valence-corrected chi connectivity index (χ2v) is 3.44. The monoisotopic (exact) mass is 172 g/mol. The number of piperazine rings is 1. The summed E-state index contributed by atoms with van der Waals surface area (Å²) in [4.78, 5) is 14.4. The fourth-order valence-electron chi connectivity index (χ4n) is 1.57. The van der Waals surface area contributed by atoms with Crippen LogP contribution in [0.5, 0.6) is 0 Å². The molecule has 4 nitrogen and oxygen atoms in total. The lowest BCUT2D eigenvalue weighted by Gasteiger charge is -2.41. The summed E-state index contributed by atoms with van der Waals surface area (Å²) in [5, 5.41) is 8.82. The number of carboxylic acid groups (broad SMARTS) is 1. The quantitative estimate of drug-likeness (QED) is 0.584. The lowest BCUT2D eigenvalue weighted by molar-refractivity contribution is 0.0517. The van der Waals surface area contributed by atoms with Gasteiger partial charge in [0.1, 0.15) is 0 Å². The van der Waals surface area contributed by atoms with E-state index in [1.807, 2.05) is 14.0 Å². The molecule has 0 aromatic rings. The van der Waals surface area contributed by atoms with Crippen molar-refractivity contribution in [1.29, 1.82) is 0 Å². The normalized spacial score (nSPS) is 32.1. The molecule has 1 N–H and O–H groups in total. The molecular formula is C8H16N2O2. The first-order valence-corrected chi connectivity index (χ1v) is 4.24. The van der Waals surface area contributed by atoms with Crippen molar-refractivity contribution >= 4 is 6.09 Å². The van der Waals surface area contributed by atoms with Gasteiger partial charge in [0.2, 0.25) is 0 Å². The van der Waals surface area contributed by atoms with Crippen molar-refractivity contribution in [3.8, 4) is 0 Å². The minimum Gasteiger partial charge on any atom is -0.465 e. The van der Waals surface area contributed by atoms with Gasteiger partial charge in [0, 0.05) is 25.2 Å². The zero-order chi connectivity index (χ0) is 9.30. The lowest BCUT2D eigenvalue weighted by atomic mass is 10.1. The highest BCUT2D eigenvalue weighted by Crippen LogP contribution is 2.14. The highest BCUT2D eigenvalue weighted by atomic mass is 16.4. The van der Waals surface area contributed by atoms with E-state index < -0.39 is 6.09 Å². The average molecular weight is 172 g/mol. The van der Waals surface area contributed by atoms with Crippen molar-refractivity contribution in [2.45, 2.75) is 25.9 Å². The van der Waals surface area contributed by atoms with Gasteiger partial charge in [-0.25, -0.2) is 4.79 Å². The molecule has 1 saturated heterocycles. The van der Waals surface area contributed by atoms with Crippen LogP contribution in [-0.4, -0.2) is 53.2 Å². The molecule has 1 aliphatic heterocycles. The molecule has 1 amide bonds. The van der Waals surface area contributed by atoms with Crippen LogP contribution < -0.4 is 0 Å². The molecule has 1 fully saturated rings. The summed E-state index contributed by atoms with van der Waals surface area (Å²) in [6.07, 6.45) is -0.803. The standard InChI is InChI=1S/C8H16N2O2/c1-6-7(2)10(8(11)12)5-4-9(6)3/h6-7H,4-5H2,1-3H3,(H,11,12)/t6-,7-/m1/s1. The molecule has 4 heteroatoms. The molecule has 0 spiro atoms. The Morgan fingerprint density at radius 3 is 2.42 bits per heavy atom. The Morgan fingerprint density at radius 2 is 1.92 bits per heavy atom. The summed E-state index contributed by atoms with van der Waals surface area (Å²) in [5.74, 6) is 0. The van der Waals surface area contributed by atoms with Gasteiger partial charge in [-0.15, -0.1) is 0 Å². The van der Waals surface area contributed by atoms with Gasteiger partial charge < -0.3 is 10.0 Å². The minimum atomic E-state index is -0.803. The summed E-state index contributed by atoms with van der Waals surface area (Å²) in [6, 6.07) is 0.413. The van der Waals surface area contributed by atoms with E-state index in [1.165, 1.54) is 4.90 Å². The molecule has 0 aromatic heterocycles. The van der Waals surface area contributed by atoms with E-state index in [4.69, 9.17) is 5.11 Å². The maximum atomic E-state index is 10.7. The summed E-state index contributed by atoms with van der Waals surface area (Å²) in [6.45, 7) is 5.46. The number of carbonyl (C=O) groups is 1. The van der Waals surface area contributed by atoms with E-state index >= 15 is 0 Å². The van der Waals surface area contributed by atoms with Crippen molar-refractivity contribution < 1.29 is 9.90 Å². The molecule has 1 rings (SSSR count). The van der Waals surface area contributed by atoms with E-state index in [9.17, 15) is 4.79 Å². The molecule has 0 aliphatic carbocycles. The Balaban J connectivity index is 2.65. The Bertz CT molecular complexity index is 184. The largest absolute Gasteiger partial charge is 0.465 e. The van der Waals surface area contributed by atoms with Gasteiger partial charge in [-0.1, -0.05) is 0 Å². The van der Waals surface area contributed by atoms with Crippen LogP contribution in [0.25, 0.3) is 0 Å². The topological polar surface area (TPSA) is 43.8 Å². The van der Waals surface area contributed by atoms with Crippen LogP contribution in [0.1, 0.15) is 13.8 Å². The van der Waals surface area contributed by atoms with Crippen LogP contribution in [0.4, 0.5) is 4.79 Å². The van der Waals surface area contributed by atoms with Gasteiger partial charge in [0.15, 0.2) is 0 Å². The molecule has 0 aromatic carbocycles. The molecule has 70 valence electrons. The van der Waals surface area contributed by atoms with Gasteiger partial charge in [-0.2, -0.15) is 0 Å². The smallest absolute Gasteiger partial charge is 0.407 e. The van der Waals surface area contributed by atoms with E-state index in [-0.39, 0.29) is 6.04 Å². The predicted octanol–water partition coefficient (Wildman–Crippen LogP) is 0.689. The minimum absolute atomic E-state index is 0.0984. The van der Waals surface area contributed by atoms with Crippen molar-refractivity contribution in [2.75, 3.05) is 20.1 Å². The number of hydrogen-bond donors (Lipinski definition) is 1. The zero-order valence-electron chi connectivity index (χ0n) is 7.82. The van der Waals surface area contributed by atoms with Gasteiger partial charge >= 0.3 is 6.09 Å². The van der Waals surface area contributed by atoms with Gasteiger partial charge in [-0.3, -0.25) is 4.90 Å². The van der Waals surface area contributed by atoms with E-state index in [0.717, 1.165) is 6.54 Å². The Kier molecular flexibility index (Phi) is 2.57. The van der Waals surface area contributed by atoms with Crippen LogP contribution in [0, 0.1) is 0 Å². The van der Waals surface area contributed by atoms with Gasteiger partial charge in [-0.05, 0) is 20.9 Å². The zero-order valence-corrected chi connectivity index (χ0v) is 7.82. The second kappa shape index (κ2) is 3.31. The first kappa shape index (κ1) is 9.32. The van der Waals surface area contributed by atoms with E-state index in [2.05, 4.69) is 11.8 Å². The fourth-order valence-corrected chi connectivity index (χ4v) is 1.57. The van der Waals surface area contributed by atoms with Gasteiger partial charge in [0.25, 0.3) is 0 Å². The Morgan fingerprint density at radius 1 is 1.33 bits per heavy atom. The highest BCUT2D eigenvalue weighted by molar-refractivity contribution is 5.65. The third-order valence-corrected chi connectivity index (χ3v) is 2.82. The third kappa shape index (κ3) is 1.53. The molecule has 2 atom stereocenters. The molecular weight excluding hydrogens is 156 g/mol. The third-order valence-electron chi connectivity index (χ3n) is 2.82. The molecule has 1 heterocycles. The first-order valence-electron chi connectivity index (χ1n) is 4.24. The predicted molar refractivity (Wildman–Crippen MR) is 46.3 cm³/mol. The Hall–Kier alpha value is -0.770. The second-order valence-electron chi connectivity index (χ2n) is 3.44. The highest BCUT2D eigenvalue weighted by Gasteiger charge is 2.30. The van der Waals surface area contributed by atoms with Crippen molar-refractivity contribution in [1.82, 2.24) is 9.80 Å². The summed E-state index contributed by atoms with van der Waals surface area (Å²) in [5.41, 5.74) is 0. The average Bonchev–Trinajstić information content (AvgIpc) is 2.00. The van der Waals surface area contributed by atoms with Crippen LogP contribution in [0.15, 0.2) is 0 Å². The number of hydrogen-bond acceptors (Lipinski definition) is 2. The van der Waals surface area contributed by atoms with Crippen molar-refractivity contribution in [3.63, 3.8) is 0 Å². The molecule has 1 aliphatic rings. The molecule has 12 heavy (non-hydrogen) atoms. The maximum absolute atomic E-state index is 10.7. The lowest BCUT2D eigenvalue weighted by Crippen LogP contribution is -2.57. The number of nitrogens with zero attached hydrogens (tertiary/aromatic N) is 2. The summed E-state index contributed by atoms with van der Waals surface area (Å²) < 4.78 is 0. The van der Waals surface area contributed by atoms with Crippen molar-refractivity contribution in [2.24, 2.45) is 0 Å². The Labute approximate surface area is 72.8 Å². The van der Waals surface area contributed by atoms with Crippen molar-refractivity contribution in [3.05, 3.63) is 0 Å². The fraction of sp³-hybridized carbons (Fsp3) is 0.875. The van der Waals surface area contributed by atoms with Crippen LogP contribution in [0.3, 0.4) is 0 Å². The molecule has 0 radical (unpaired) electrons. The number of rotatable bonds is 0. The summed E-state index contributed by atoms with van der Waals surface area (Å²) in [7, 11) is 2.03. The van der Waals surface area contributed by atoms with Crippen LogP contribution >= 0.6 is 0 Å². The van der Waals surface area contributed by atoms with Crippen LogP contribution in [-0.2, 0) is 0 Å². The first-order chi connectivity index (χ1) is 5.54. The number of likely N-dealkylation sites (N-methyl/N-ethyl adjacent to an activating group) is 1. The maximum Gasteiger partial charge on any atom is 0.407 e. The summed E-state index contributed by atoms with van der Waals surface area (Å²) >= 11 is 0. The van der Waals surface area contributed by atoms with E-state index in [0.29, 0.717) is 12.6 Å². The van der Waals surface area contributed by atoms with Crippen LogP contribution in [0.2, 0.25) is 0 Å². The molecule has 0 bridgehead atoms. The van der Waals surface area contributed by atoms with E-state index in [1.54, 1.807) is 0 Å².